The van der Waals surface area contributed by atoms with E-state index in [0.29, 0.717) is 0 Å². The summed E-state index contributed by atoms with van der Waals surface area (Å²) in [5, 5.41) is 0. The van der Waals surface area contributed by atoms with Crippen LogP contribution >= 0.6 is 12.6 Å². The van der Waals surface area contributed by atoms with Crippen molar-refractivity contribution in [2.24, 2.45) is 0 Å². The van der Waals surface area contributed by atoms with Gasteiger partial charge in [-0.15, -0.1) is 6.58 Å². The first-order valence-corrected chi connectivity index (χ1v) is 8.16. The molecule has 0 bridgehead atoms. The molecule has 1 heteroatoms. The summed E-state index contributed by atoms with van der Waals surface area (Å²) in [6.07, 6.45) is 16.7. The van der Waals surface area contributed by atoms with Crippen molar-refractivity contribution in [2.45, 2.75) is 84.0 Å². The second-order valence-corrected chi connectivity index (χ2v) is 5.77. The Morgan fingerprint density at radius 2 is 1.06 bits per heavy atom. The second-order valence-electron chi connectivity index (χ2n) is 5.32. The molecule has 0 unspecified atom stereocenters. The van der Waals surface area contributed by atoms with Gasteiger partial charge in [0.1, 0.15) is 0 Å². The molecule has 0 saturated heterocycles. The molecule has 0 nitrogen and oxygen atoms in total. The Morgan fingerprint density at radius 3 is 1.41 bits per heavy atom. The Morgan fingerprint density at radius 1 is 0.706 bits per heavy atom. The maximum Gasteiger partial charge on any atom is -0.00979 e. The maximum absolute atomic E-state index is 4.23. The summed E-state index contributed by atoms with van der Waals surface area (Å²) in [6, 6.07) is 0. The molecule has 0 aromatic heterocycles. The molecule has 0 atom stereocenters. The molecule has 0 aliphatic heterocycles. The minimum absolute atomic E-state index is 1.06. The zero-order chi connectivity index (χ0) is 12.8. The van der Waals surface area contributed by atoms with Crippen LogP contribution in [0.1, 0.15) is 84.0 Å². The van der Waals surface area contributed by atoms with Crippen molar-refractivity contribution in [3.8, 4) is 0 Å². The smallest absolute Gasteiger partial charge is 0.00979 e. The number of allylic oxidation sites excluding steroid dienone is 1. The lowest BCUT2D eigenvalue weighted by Gasteiger charge is -2.02. The molecule has 0 rings (SSSR count). The minimum Gasteiger partial charge on any atom is -0.179 e. The van der Waals surface area contributed by atoms with Crippen molar-refractivity contribution in [1.82, 2.24) is 0 Å². The monoisotopic (exact) mass is 256 g/mol. The van der Waals surface area contributed by atoms with E-state index < -0.39 is 0 Å². The molecule has 0 aliphatic carbocycles. The van der Waals surface area contributed by atoms with E-state index in [9.17, 15) is 0 Å². The van der Waals surface area contributed by atoms with E-state index in [4.69, 9.17) is 0 Å². The molecule has 0 spiro atoms. The van der Waals surface area contributed by atoms with E-state index in [-0.39, 0.29) is 0 Å². The first-order chi connectivity index (χ1) is 8.27. The Balaban J connectivity index is 2.91. The second kappa shape index (κ2) is 14.2. The van der Waals surface area contributed by atoms with Crippen molar-refractivity contribution in [1.29, 1.82) is 0 Å². The lowest BCUT2D eigenvalue weighted by Crippen LogP contribution is -1.83. The van der Waals surface area contributed by atoms with Crippen LogP contribution in [0.5, 0.6) is 0 Å². The zero-order valence-electron chi connectivity index (χ0n) is 11.8. The van der Waals surface area contributed by atoms with Gasteiger partial charge in [-0.2, -0.15) is 12.6 Å². The zero-order valence-corrected chi connectivity index (χ0v) is 12.7. The van der Waals surface area contributed by atoms with Crippen LogP contribution < -0.4 is 0 Å². The van der Waals surface area contributed by atoms with E-state index in [1.165, 1.54) is 82.6 Å². The van der Waals surface area contributed by atoms with Crippen LogP contribution in [0, 0.1) is 0 Å². The van der Waals surface area contributed by atoms with E-state index in [1.807, 2.05) is 0 Å². The van der Waals surface area contributed by atoms with Crippen molar-refractivity contribution in [3.05, 3.63) is 12.2 Å². The fourth-order valence-electron chi connectivity index (χ4n) is 2.13. The highest BCUT2D eigenvalue weighted by molar-refractivity contribution is 7.80. The van der Waals surface area contributed by atoms with Gasteiger partial charge in [0.2, 0.25) is 0 Å². The molecule has 0 aromatic rings. The average Bonchev–Trinajstić information content (AvgIpc) is 2.30. The third-order valence-electron chi connectivity index (χ3n) is 3.26. The van der Waals surface area contributed by atoms with Gasteiger partial charge < -0.3 is 0 Å². The third-order valence-corrected chi connectivity index (χ3v) is 3.58. The fraction of sp³-hybridized carbons (Fsp3) is 0.875. The predicted octanol–water partition coefficient (Wildman–Crippen LogP) is 6.17. The Labute approximate surface area is 115 Å². The molecule has 0 aliphatic rings. The molecule has 0 aromatic carbocycles. The van der Waals surface area contributed by atoms with Crippen molar-refractivity contribution >= 4 is 12.6 Å². The number of thiol groups is 1. The molecular formula is C16H32S. The summed E-state index contributed by atoms with van der Waals surface area (Å²) in [5.74, 6) is 1.06. The van der Waals surface area contributed by atoms with Crippen LogP contribution in [0.2, 0.25) is 0 Å². The van der Waals surface area contributed by atoms with E-state index >= 15 is 0 Å². The van der Waals surface area contributed by atoms with Crippen LogP contribution in [0.3, 0.4) is 0 Å². The Hall–Kier alpha value is 0.0900. The first kappa shape index (κ1) is 17.1. The highest BCUT2D eigenvalue weighted by atomic mass is 32.1. The number of hydrogen-bond donors (Lipinski definition) is 1. The van der Waals surface area contributed by atoms with Gasteiger partial charge in [-0.25, -0.2) is 0 Å². The van der Waals surface area contributed by atoms with E-state index in [0.717, 1.165) is 5.75 Å². The summed E-state index contributed by atoms with van der Waals surface area (Å²) >= 11 is 4.23. The van der Waals surface area contributed by atoms with Crippen LogP contribution in [0.25, 0.3) is 0 Å². The lowest BCUT2D eigenvalue weighted by atomic mass is 10.0. The van der Waals surface area contributed by atoms with Gasteiger partial charge >= 0.3 is 0 Å². The minimum atomic E-state index is 1.06. The SMILES string of the molecule is C=C(C)CCCCCCCCCCCCCS. The van der Waals surface area contributed by atoms with Crippen molar-refractivity contribution in [2.75, 3.05) is 5.75 Å². The molecule has 0 amide bonds. The van der Waals surface area contributed by atoms with E-state index in [1.54, 1.807) is 0 Å². The molecular weight excluding hydrogens is 224 g/mol. The van der Waals surface area contributed by atoms with Crippen molar-refractivity contribution < 1.29 is 0 Å². The highest BCUT2D eigenvalue weighted by Gasteiger charge is 1.93. The molecule has 0 N–H and O–H groups in total. The molecule has 0 saturated carbocycles. The van der Waals surface area contributed by atoms with Crippen molar-refractivity contribution in [3.63, 3.8) is 0 Å². The molecule has 0 radical (unpaired) electrons. The maximum atomic E-state index is 4.23. The number of unbranched alkanes of at least 4 members (excludes halogenated alkanes) is 10. The highest BCUT2D eigenvalue weighted by Crippen LogP contribution is 2.13. The molecule has 0 heterocycles. The van der Waals surface area contributed by atoms with Crippen LogP contribution in [-0.4, -0.2) is 5.75 Å². The van der Waals surface area contributed by atoms with Crippen LogP contribution in [0.15, 0.2) is 12.2 Å². The standard InChI is InChI=1S/C16H32S/c1-16(2)14-12-10-8-6-4-3-5-7-9-11-13-15-17/h17H,1,3-15H2,2H3. The number of hydrogen-bond acceptors (Lipinski definition) is 1. The topological polar surface area (TPSA) is 0 Å². The summed E-state index contributed by atoms with van der Waals surface area (Å²) in [7, 11) is 0. The van der Waals surface area contributed by atoms with E-state index in [2.05, 4.69) is 26.1 Å². The fourth-order valence-corrected chi connectivity index (χ4v) is 2.35. The Kier molecular flexibility index (Phi) is 14.2. The predicted molar refractivity (Wildman–Crippen MR) is 84.1 cm³/mol. The summed E-state index contributed by atoms with van der Waals surface area (Å²) in [5.41, 5.74) is 1.34. The van der Waals surface area contributed by atoms with Crippen LogP contribution in [-0.2, 0) is 0 Å². The van der Waals surface area contributed by atoms with Gasteiger partial charge in [-0.3, -0.25) is 0 Å². The average molecular weight is 256 g/mol. The summed E-state index contributed by atoms with van der Waals surface area (Å²) in [6.45, 7) is 6.07. The number of rotatable bonds is 13. The van der Waals surface area contributed by atoms with Gasteiger partial charge in [-0.1, -0.05) is 63.4 Å². The lowest BCUT2D eigenvalue weighted by molar-refractivity contribution is 0.550. The molecule has 0 fully saturated rings. The Bertz CT molecular complexity index is 163. The van der Waals surface area contributed by atoms with Crippen LogP contribution in [0.4, 0.5) is 0 Å². The van der Waals surface area contributed by atoms with Gasteiger partial charge in [0.15, 0.2) is 0 Å². The van der Waals surface area contributed by atoms with Gasteiger partial charge in [0, 0.05) is 0 Å². The molecule has 102 valence electrons. The summed E-state index contributed by atoms with van der Waals surface area (Å²) < 4.78 is 0. The van der Waals surface area contributed by atoms with Gasteiger partial charge in [-0.05, 0) is 31.9 Å². The van der Waals surface area contributed by atoms with Gasteiger partial charge in [0.25, 0.3) is 0 Å². The third kappa shape index (κ3) is 16.1. The summed E-state index contributed by atoms with van der Waals surface area (Å²) in [4.78, 5) is 0. The molecule has 17 heavy (non-hydrogen) atoms. The van der Waals surface area contributed by atoms with Gasteiger partial charge in [0.05, 0.1) is 0 Å². The quantitative estimate of drug-likeness (QED) is 0.227. The largest absolute Gasteiger partial charge is 0.179 e. The normalized spacial score (nSPS) is 10.7. The first-order valence-electron chi connectivity index (χ1n) is 7.52.